The van der Waals surface area contributed by atoms with Crippen LogP contribution in [0, 0.1) is 0 Å². The highest BCUT2D eigenvalue weighted by molar-refractivity contribution is 5.13. The van der Waals surface area contributed by atoms with Crippen LogP contribution in [-0.2, 0) is 20.8 Å². The van der Waals surface area contributed by atoms with Crippen molar-refractivity contribution in [2.24, 2.45) is 0 Å². The van der Waals surface area contributed by atoms with Gasteiger partial charge in [0.05, 0.1) is 31.5 Å². The Morgan fingerprint density at radius 3 is 2.76 bits per heavy atom. The van der Waals surface area contributed by atoms with Crippen molar-refractivity contribution < 1.29 is 19.3 Å². The van der Waals surface area contributed by atoms with E-state index < -0.39 is 0 Å². The predicted octanol–water partition coefficient (Wildman–Crippen LogP) is 2.29. The van der Waals surface area contributed by atoms with Gasteiger partial charge in [0.25, 0.3) is 0 Å². The molecule has 4 atom stereocenters. The molecule has 1 N–H and O–H groups in total. The molecule has 0 amide bonds. The van der Waals surface area contributed by atoms with Crippen LogP contribution in [0.4, 0.5) is 0 Å². The number of hydrogen-bond acceptors (Lipinski definition) is 4. The second-order valence-corrected chi connectivity index (χ2v) is 5.91. The third-order valence-electron chi connectivity index (χ3n) is 4.19. The maximum atomic E-state index is 10.2. The lowest BCUT2D eigenvalue weighted by Crippen LogP contribution is -2.28. The van der Waals surface area contributed by atoms with E-state index in [0.717, 1.165) is 32.3 Å². The summed E-state index contributed by atoms with van der Waals surface area (Å²) in [5.74, 6) is 0. The number of rotatable bonds is 8. The summed E-state index contributed by atoms with van der Waals surface area (Å²) in [6.07, 6.45) is 3.64. The van der Waals surface area contributed by atoms with E-state index in [4.69, 9.17) is 14.2 Å². The fourth-order valence-corrected chi connectivity index (χ4v) is 2.86. The molecule has 0 bridgehead atoms. The summed E-state index contributed by atoms with van der Waals surface area (Å²) in [6, 6.07) is 10.1. The minimum atomic E-state index is -0.380. The molecule has 3 rings (SSSR count). The lowest BCUT2D eigenvalue weighted by Gasteiger charge is -2.18. The van der Waals surface area contributed by atoms with Gasteiger partial charge in [-0.3, -0.25) is 0 Å². The van der Waals surface area contributed by atoms with Crippen LogP contribution >= 0.6 is 0 Å². The second-order valence-electron chi connectivity index (χ2n) is 5.91. The predicted molar refractivity (Wildman–Crippen MR) is 79.0 cm³/mol. The standard InChI is InChI=1S/C17H24O4/c18-14(15-8-9-16(21-15)17-12-20-17)7-4-10-19-11-13-5-2-1-3-6-13/h1-3,5-6,14-18H,4,7-12H2/t14-,15-,16-,17-/m1/s1. The summed E-state index contributed by atoms with van der Waals surface area (Å²) in [5.41, 5.74) is 1.18. The zero-order valence-electron chi connectivity index (χ0n) is 12.3. The number of benzene rings is 1. The van der Waals surface area contributed by atoms with Crippen molar-refractivity contribution in [1.29, 1.82) is 0 Å². The van der Waals surface area contributed by atoms with E-state index in [9.17, 15) is 5.11 Å². The lowest BCUT2D eigenvalue weighted by molar-refractivity contribution is -0.0464. The minimum Gasteiger partial charge on any atom is -0.390 e. The van der Waals surface area contributed by atoms with Gasteiger partial charge in [0.1, 0.15) is 6.10 Å². The molecule has 0 saturated carbocycles. The van der Waals surface area contributed by atoms with Gasteiger partial charge >= 0.3 is 0 Å². The van der Waals surface area contributed by atoms with Crippen molar-refractivity contribution in [3.05, 3.63) is 35.9 Å². The average Bonchev–Trinajstić information content (AvgIpc) is 3.25. The normalized spacial score (nSPS) is 29.5. The van der Waals surface area contributed by atoms with E-state index in [1.807, 2.05) is 18.2 Å². The molecule has 1 aromatic carbocycles. The van der Waals surface area contributed by atoms with Gasteiger partial charge in [0.2, 0.25) is 0 Å². The molecule has 0 unspecified atom stereocenters. The second kappa shape index (κ2) is 7.36. The maximum Gasteiger partial charge on any atom is 0.107 e. The molecular formula is C17H24O4. The van der Waals surface area contributed by atoms with Crippen LogP contribution in [0.1, 0.15) is 31.2 Å². The van der Waals surface area contributed by atoms with E-state index >= 15 is 0 Å². The first kappa shape index (κ1) is 15.0. The number of epoxide rings is 1. The van der Waals surface area contributed by atoms with Gasteiger partial charge in [-0.1, -0.05) is 30.3 Å². The number of ether oxygens (including phenoxy) is 3. The Labute approximate surface area is 126 Å². The molecule has 4 heteroatoms. The molecule has 0 aliphatic carbocycles. The molecule has 116 valence electrons. The summed E-state index contributed by atoms with van der Waals surface area (Å²) in [6.45, 7) is 2.13. The van der Waals surface area contributed by atoms with Gasteiger partial charge in [0, 0.05) is 6.61 Å². The van der Waals surface area contributed by atoms with Crippen molar-refractivity contribution in [2.45, 2.75) is 56.7 Å². The van der Waals surface area contributed by atoms with Crippen LogP contribution in [-0.4, -0.2) is 42.7 Å². The van der Waals surface area contributed by atoms with Gasteiger partial charge in [0.15, 0.2) is 0 Å². The summed E-state index contributed by atoms with van der Waals surface area (Å²) in [4.78, 5) is 0. The average molecular weight is 292 g/mol. The van der Waals surface area contributed by atoms with Crippen molar-refractivity contribution in [2.75, 3.05) is 13.2 Å². The van der Waals surface area contributed by atoms with E-state index in [-0.39, 0.29) is 24.4 Å². The van der Waals surface area contributed by atoms with E-state index in [0.29, 0.717) is 13.2 Å². The molecule has 2 fully saturated rings. The zero-order valence-corrected chi connectivity index (χ0v) is 12.3. The lowest BCUT2D eigenvalue weighted by atomic mass is 10.1. The minimum absolute atomic E-state index is 0.0201. The molecule has 1 aromatic rings. The number of aliphatic hydroxyl groups excluding tert-OH is 1. The number of hydrogen-bond donors (Lipinski definition) is 1. The summed E-state index contributed by atoms with van der Waals surface area (Å²) < 4.78 is 16.7. The van der Waals surface area contributed by atoms with Crippen molar-refractivity contribution in [3.8, 4) is 0 Å². The molecule has 2 heterocycles. The first-order valence-corrected chi connectivity index (χ1v) is 7.90. The fourth-order valence-electron chi connectivity index (χ4n) is 2.86. The molecule has 2 aliphatic heterocycles. The molecular weight excluding hydrogens is 268 g/mol. The SMILES string of the molecule is O[C@H](CCCOCc1ccccc1)[C@H]1CC[C@H]([C@H]2CO2)O1. The van der Waals surface area contributed by atoms with Gasteiger partial charge < -0.3 is 19.3 Å². The van der Waals surface area contributed by atoms with Crippen LogP contribution in [0.15, 0.2) is 30.3 Å². The van der Waals surface area contributed by atoms with Crippen molar-refractivity contribution in [3.63, 3.8) is 0 Å². The van der Waals surface area contributed by atoms with Crippen LogP contribution in [0.3, 0.4) is 0 Å². The Balaban J connectivity index is 1.27. The van der Waals surface area contributed by atoms with Crippen LogP contribution in [0.25, 0.3) is 0 Å². The van der Waals surface area contributed by atoms with Crippen molar-refractivity contribution >= 4 is 0 Å². The molecule has 4 nitrogen and oxygen atoms in total. The van der Waals surface area contributed by atoms with E-state index in [1.54, 1.807) is 0 Å². The van der Waals surface area contributed by atoms with Crippen LogP contribution < -0.4 is 0 Å². The van der Waals surface area contributed by atoms with Gasteiger partial charge in [-0.05, 0) is 31.2 Å². The van der Waals surface area contributed by atoms with Gasteiger partial charge in [-0.2, -0.15) is 0 Å². The monoisotopic (exact) mass is 292 g/mol. The largest absolute Gasteiger partial charge is 0.390 e. The summed E-state index contributed by atoms with van der Waals surface area (Å²) >= 11 is 0. The van der Waals surface area contributed by atoms with Crippen LogP contribution in [0.2, 0.25) is 0 Å². The third kappa shape index (κ3) is 4.51. The topological polar surface area (TPSA) is 51.2 Å². The Hall–Kier alpha value is -0.940. The molecule has 21 heavy (non-hydrogen) atoms. The molecule has 0 radical (unpaired) electrons. The fraction of sp³-hybridized carbons (Fsp3) is 0.647. The Kier molecular flexibility index (Phi) is 5.25. The first-order chi connectivity index (χ1) is 10.3. The smallest absolute Gasteiger partial charge is 0.107 e. The third-order valence-corrected chi connectivity index (χ3v) is 4.19. The summed E-state index contributed by atoms with van der Waals surface area (Å²) in [5, 5.41) is 10.2. The summed E-state index contributed by atoms with van der Waals surface area (Å²) in [7, 11) is 0. The van der Waals surface area contributed by atoms with E-state index in [1.165, 1.54) is 5.56 Å². The van der Waals surface area contributed by atoms with Crippen molar-refractivity contribution in [1.82, 2.24) is 0 Å². The van der Waals surface area contributed by atoms with Gasteiger partial charge in [-0.25, -0.2) is 0 Å². The first-order valence-electron chi connectivity index (χ1n) is 7.90. The van der Waals surface area contributed by atoms with E-state index in [2.05, 4.69) is 12.1 Å². The maximum absolute atomic E-state index is 10.2. The molecule has 0 aromatic heterocycles. The Bertz CT molecular complexity index is 418. The molecule has 2 aliphatic rings. The molecule has 0 spiro atoms. The highest BCUT2D eigenvalue weighted by atomic mass is 16.6. The van der Waals surface area contributed by atoms with Gasteiger partial charge in [-0.15, -0.1) is 0 Å². The number of aliphatic hydroxyl groups is 1. The molecule has 2 saturated heterocycles. The Morgan fingerprint density at radius 1 is 1.19 bits per heavy atom. The quantitative estimate of drug-likeness (QED) is 0.590. The highest BCUT2D eigenvalue weighted by Crippen LogP contribution is 2.31. The Morgan fingerprint density at radius 2 is 2.00 bits per heavy atom. The zero-order chi connectivity index (χ0) is 14.5. The van der Waals surface area contributed by atoms with Crippen LogP contribution in [0.5, 0.6) is 0 Å². The highest BCUT2D eigenvalue weighted by Gasteiger charge is 2.40.